The highest BCUT2D eigenvalue weighted by atomic mass is 32.1. The minimum atomic E-state index is -0.393. The summed E-state index contributed by atoms with van der Waals surface area (Å²) in [6.45, 7) is 0. The molecule has 7 heteroatoms. The summed E-state index contributed by atoms with van der Waals surface area (Å²) in [5, 5.41) is 12.2. The topological polar surface area (TPSA) is 91.8 Å². The van der Waals surface area contributed by atoms with Crippen LogP contribution < -0.4 is 15.8 Å². The third-order valence-corrected chi connectivity index (χ3v) is 4.58. The first-order chi connectivity index (χ1) is 12.2. The molecule has 1 amide bonds. The van der Waals surface area contributed by atoms with Crippen molar-refractivity contribution in [1.29, 1.82) is 0 Å². The van der Waals surface area contributed by atoms with E-state index in [0.29, 0.717) is 11.6 Å². The van der Waals surface area contributed by atoms with E-state index < -0.39 is 6.04 Å². The zero-order valence-electron chi connectivity index (χ0n) is 13.8. The molecule has 0 saturated heterocycles. The van der Waals surface area contributed by atoms with Crippen LogP contribution in [0.3, 0.4) is 0 Å². The molecule has 1 atom stereocenters. The molecule has 25 heavy (non-hydrogen) atoms. The summed E-state index contributed by atoms with van der Waals surface area (Å²) in [5.74, 6) is 0.615. The molecular weight excluding hydrogens is 336 g/mol. The molecule has 0 aliphatic carbocycles. The Bertz CT molecular complexity index is 834. The Labute approximate surface area is 149 Å². The second-order valence-electron chi connectivity index (χ2n) is 5.52. The number of aromatic nitrogens is 2. The number of ether oxygens (including phenoxy) is 1. The Morgan fingerprint density at radius 3 is 2.56 bits per heavy atom. The standard InChI is InChI=1S/C18H18N4O2S/c1-24-14-9-7-13(8-10-14)17-21-22-18(25-17)20-16(23)15(19)11-12-5-3-2-4-6-12/h2-10,15H,11,19H2,1H3,(H,20,22,23)/p+1/t15-/m0/s1. The summed E-state index contributed by atoms with van der Waals surface area (Å²) >= 11 is 1.33. The number of hydrogen-bond donors (Lipinski definition) is 2. The number of nitrogens with one attached hydrogen (secondary N) is 1. The maximum atomic E-state index is 12.3. The van der Waals surface area contributed by atoms with Crippen LogP contribution in [-0.2, 0) is 11.2 Å². The number of carbonyl (C=O) groups excluding carboxylic acids is 1. The molecule has 4 N–H and O–H groups in total. The molecule has 0 radical (unpaired) electrons. The number of quaternary nitrogens is 1. The van der Waals surface area contributed by atoms with Crippen LogP contribution >= 0.6 is 11.3 Å². The summed E-state index contributed by atoms with van der Waals surface area (Å²) in [7, 11) is 1.62. The molecule has 0 unspecified atom stereocenters. The number of anilines is 1. The van der Waals surface area contributed by atoms with E-state index in [1.807, 2.05) is 54.6 Å². The van der Waals surface area contributed by atoms with E-state index in [1.165, 1.54) is 11.3 Å². The predicted octanol–water partition coefficient (Wildman–Crippen LogP) is 2.01. The van der Waals surface area contributed by atoms with Crippen molar-refractivity contribution < 1.29 is 15.3 Å². The van der Waals surface area contributed by atoms with Crippen LogP contribution in [0.25, 0.3) is 10.6 Å². The first-order valence-electron chi connectivity index (χ1n) is 7.81. The van der Waals surface area contributed by atoms with Crippen LogP contribution in [0.1, 0.15) is 5.56 Å². The van der Waals surface area contributed by atoms with Gasteiger partial charge in [0.25, 0.3) is 5.91 Å². The number of amides is 1. The summed E-state index contributed by atoms with van der Waals surface area (Å²) in [5.41, 5.74) is 5.95. The fourth-order valence-corrected chi connectivity index (χ4v) is 3.07. The van der Waals surface area contributed by atoms with Gasteiger partial charge in [0.05, 0.1) is 7.11 Å². The summed E-state index contributed by atoms with van der Waals surface area (Å²) in [4.78, 5) is 12.3. The molecule has 3 rings (SSSR count). The number of carbonyl (C=O) groups is 1. The first-order valence-corrected chi connectivity index (χ1v) is 8.63. The average Bonchev–Trinajstić information content (AvgIpc) is 3.11. The highest BCUT2D eigenvalue weighted by Gasteiger charge is 2.19. The van der Waals surface area contributed by atoms with Gasteiger partial charge in [-0.05, 0) is 29.8 Å². The van der Waals surface area contributed by atoms with E-state index in [2.05, 4.69) is 21.2 Å². The van der Waals surface area contributed by atoms with E-state index in [4.69, 9.17) is 4.74 Å². The maximum absolute atomic E-state index is 12.3. The Balaban J connectivity index is 1.63. The largest absolute Gasteiger partial charge is 0.497 e. The number of hydrogen-bond acceptors (Lipinski definition) is 5. The minimum Gasteiger partial charge on any atom is -0.497 e. The van der Waals surface area contributed by atoms with Crippen molar-refractivity contribution in [3.05, 3.63) is 60.2 Å². The summed E-state index contributed by atoms with van der Waals surface area (Å²) in [6, 6.07) is 17.0. The third kappa shape index (κ3) is 4.40. The highest BCUT2D eigenvalue weighted by Crippen LogP contribution is 2.27. The molecular formula is C18H19N4O2S+. The molecule has 0 bridgehead atoms. The monoisotopic (exact) mass is 355 g/mol. The molecule has 3 aromatic rings. The quantitative estimate of drug-likeness (QED) is 0.707. The summed E-state index contributed by atoms with van der Waals surface area (Å²) < 4.78 is 5.14. The van der Waals surface area contributed by atoms with Gasteiger partial charge in [-0.2, -0.15) is 0 Å². The van der Waals surface area contributed by atoms with Crippen LogP contribution in [-0.4, -0.2) is 29.3 Å². The molecule has 2 aromatic carbocycles. The van der Waals surface area contributed by atoms with Crippen molar-refractivity contribution in [2.75, 3.05) is 12.4 Å². The van der Waals surface area contributed by atoms with Crippen molar-refractivity contribution >= 4 is 22.4 Å². The Morgan fingerprint density at radius 1 is 1.16 bits per heavy atom. The van der Waals surface area contributed by atoms with Gasteiger partial charge in [0.15, 0.2) is 6.04 Å². The molecule has 1 aromatic heterocycles. The fourth-order valence-electron chi connectivity index (χ4n) is 2.32. The smallest absolute Gasteiger partial charge is 0.284 e. The average molecular weight is 355 g/mol. The van der Waals surface area contributed by atoms with Gasteiger partial charge >= 0.3 is 0 Å². The maximum Gasteiger partial charge on any atom is 0.284 e. The lowest BCUT2D eigenvalue weighted by Crippen LogP contribution is -2.67. The number of rotatable bonds is 6. The lowest BCUT2D eigenvalue weighted by Gasteiger charge is -2.07. The molecule has 0 saturated carbocycles. The van der Waals surface area contributed by atoms with Crippen LogP contribution in [0.5, 0.6) is 5.75 Å². The fraction of sp³-hybridized carbons (Fsp3) is 0.167. The van der Waals surface area contributed by atoms with Crippen molar-refractivity contribution in [3.8, 4) is 16.3 Å². The SMILES string of the molecule is COc1ccc(-c2nnc(NC(=O)[C@@H]([NH3+])Cc3ccccc3)s2)cc1. The second-order valence-corrected chi connectivity index (χ2v) is 6.49. The van der Waals surface area contributed by atoms with E-state index in [0.717, 1.165) is 21.9 Å². The van der Waals surface area contributed by atoms with Crippen molar-refractivity contribution in [2.24, 2.45) is 0 Å². The number of benzene rings is 2. The molecule has 128 valence electrons. The number of methoxy groups -OCH3 is 1. The van der Waals surface area contributed by atoms with Gasteiger partial charge < -0.3 is 10.5 Å². The predicted molar refractivity (Wildman–Crippen MR) is 97.3 cm³/mol. The van der Waals surface area contributed by atoms with Crippen LogP contribution in [0.2, 0.25) is 0 Å². The lowest BCUT2D eigenvalue weighted by atomic mass is 10.1. The van der Waals surface area contributed by atoms with Gasteiger partial charge in [-0.15, -0.1) is 10.2 Å². The van der Waals surface area contributed by atoms with E-state index in [1.54, 1.807) is 7.11 Å². The molecule has 0 spiro atoms. The van der Waals surface area contributed by atoms with Gasteiger partial charge in [-0.1, -0.05) is 41.7 Å². The van der Waals surface area contributed by atoms with Gasteiger partial charge in [0.1, 0.15) is 10.8 Å². The van der Waals surface area contributed by atoms with Crippen molar-refractivity contribution in [2.45, 2.75) is 12.5 Å². The normalized spacial score (nSPS) is 11.8. The Morgan fingerprint density at radius 2 is 1.88 bits per heavy atom. The van der Waals surface area contributed by atoms with Gasteiger partial charge in [0.2, 0.25) is 5.13 Å². The number of nitrogens with zero attached hydrogens (tertiary/aromatic N) is 2. The zero-order valence-corrected chi connectivity index (χ0v) is 14.6. The Hall–Kier alpha value is -2.77. The van der Waals surface area contributed by atoms with Crippen molar-refractivity contribution in [1.82, 2.24) is 10.2 Å². The van der Waals surface area contributed by atoms with E-state index in [-0.39, 0.29) is 5.91 Å². The highest BCUT2D eigenvalue weighted by molar-refractivity contribution is 7.18. The van der Waals surface area contributed by atoms with E-state index >= 15 is 0 Å². The third-order valence-electron chi connectivity index (χ3n) is 3.69. The Kier molecular flexibility index (Phi) is 5.37. The van der Waals surface area contributed by atoms with Crippen LogP contribution in [0, 0.1) is 0 Å². The molecule has 6 nitrogen and oxygen atoms in total. The van der Waals surface area contributed by atoms with Crippen LogP contribution in [0.4, 0.5) is 5.13 Å². The zero-order chi connectivity index (χ0) is 17.6. The second kappa shape index (κ2) is 7.87. The first kappa shape index (κ1) is 17.1. The molecule has 0 fully saturated rings. The van der Waals surface area contributed by atoms with Gasteiger partial charge in [-0.25, -0.2) is 0 Å². The molecule has 0 aliphatic heterocycles. The lowest BCUT2D eigenvalue weighted by molar-refractivity contribution is -0.402. The molecule has 1 heterocycles. The van der Waals surface area contributed by atoms with Gasteiger partial charge in [0, 0.05) is 12.0 Å². The minimum absolute atomic E-state index is 0.165. The van der Waals surface area contributed by atoms with Gasteiger partial charge in [-0.3, -0.25) is 10.1 Å². The van der Waals surface area contributed by atoms with Crippen molar-refractivity contribution in [3.63, 3.8) is 0 Å². The summed E-state index contributed by atoms with van der Waals surface area (Å²) in [6.07, 6.45) is 0.580. The molecule has 0 aliphatic rings. The van der Waals surface area contributed by atoms with Crippen LogP contribution in [0.15, 0.2) is 54.6 Å². The van der Waals surface area contributed by atoms with E-state index in [9.17, 15) is 4.79 Å².